The zero-order valence-electron chi connectivity index (χ0n) is 17.8. The standard InChI is InChI=1S/C24H22N6O2/c1-15-7-9-16(10-8-15)17-13-18(22-28-29-24(32-2)30(22)14-17)23(31)25-12-11-21-26-19-5-3-4-6-20(19)27-21/h3-10,13-14H,11-12H2,1-2H3,(H,25,31)(H,26,27). The van der Waals surface area contributed by atoms with Crippen LogP contribution in [0.15, 0.2) is 60.8 Å². The average Bonchev–Trinajstić information content (AvgIpc) is 3.42. The first-order valence-electron chi connectivity index (χ1n) is 10.3. The third-order valence-corrected chi connectivity index (χ3v) is 5.37. The Morgan fingerprint density at radius 1 is 1.09 bits per heavy atom. The summed E-state index contributed by atoms with van der Waals surface area (Å²) in [6.45, 7) is 2.47. The summed E-state index contributed by atoms with van der Waals surface area (Å²) in [6.07, 6.45) is 2.47. The summed E-state index contributed by atoms with van der Waals surface area (Å²) >= 11 is 0. The Morgan fingerprint density at radius 3 is 2.69 bits per heavy atom. The van der Waals surface area contributed by atoms with Crippen molar-refractivity contribution in [2.45, 2.75) is 13.3 Å². The number of carbonyl (C=O) groups is 1. The van der Waals surface area contributed by atoms with E-state index in [2.05, 4.69) is 25.5 Å². The van der Waals surface area contributed by atoms with Crippen LogP contribution in [0.2, 0.25) is 0 Å². The molecule has 0 aliphatic carbocycles. The van der Waals surface area contributed by atoms with Crippen LogP contribution in [0.4, 0.5) is 0 Å². The Kier molecular flexibility index (Phi) is 5.03. The maximum atomic E-state index is 13.1. The zero-order chi connectivity index (χ0) is 22.1. The fourth-order valence-corrected chi connectivity index (χ4v) is 3.70. The summed E-state index contributed by atoms with van der Waals surface area (Å²) in [5.41, 5.74) is 5.80. The topological polar surface area (TPSA) is 97.2 Å². The third kappa shape index (κ3) is 3.66. The highest BCUT2D eigenvalue weighted by Crippen LogP contribution is 2.25. The molecule has 0 radical (unpaired) electrons. The van der Waals surface area contributed by atoms with E-state index in [0.29, 0.717) is 30.2 Å². The normalized spacial score (nSPS) is 11.2. The Labute approximate surface area is 184 Å². The lowest BCUT2D eigenvalue weighted by molar-refractivity contribution is 0.0955. The number of benzene rings is 2. The zero-order valence-corrected chi connectivity index (χ0v) is 17.8. The number of hydrogen-bond donors (Lipinski definition) is 2. The van der Waals surface area contributed by atoms with Gasteiger partial charge in [-0.2, -0.15) is 0 Å². The van der Waals surface area contributed by atoms with E-state index in [-0.39, 0.29) is 5.91 Å². The number of nitrogens with zero attached hydrogens (tertiary/aromatic N) is 4. The number of aromatic nitrogens is 5. The van der Waals surface area contributed by atoms with E-state index in [1.54, 1.807) is 4.40 Å². The highest BCUT2D eigenvalue weighted by Gasteiger charge is 2.18. The number of methoxy groups -OCH3 is 1. The van der Waals surface area contributed by atoms with Crippen molar-refractivity contribution in [1.82, 2.24) is 29.9 Å². The fourth-order valence-electron chi connectivity index (χ4n) is 3.70. The minimum atomic E-state index is -0.227. The minimum Gasteiger partial charge on any atom is -0.467 e. The van der Waals surface area contributed by atoms with Crippen LogP contribution in [0.25, 0.3) is 27.8 Å². The molecule has 0 atom stereocenters. The molecule has 0 fully saturated rings. The summed E-state index contributed by atoms with van der Waals surface area (Å²) in [7, 11) is 1.53. The van der Waals surface area contributed by atoms with Crippen LogP contribution in [0.3, 0.4) is 0 Å². The number of imidazole rings is 1. The molecule has 5 aromatic rings. The number of rotatable bonds is 6. The molecule has 0 saturated heterocycles. The van der Waals surface area contributed by atoms with Gasteiger partial charge in [0.1, 0.15) is 5.82 Å². The van der Waals surface area contributed by atoms with E-state index >= 15 is 0 Å². The summed E-state index contributed by atoms with van der Waals surface area (Å²) in [4.78, 5) is 20.9. The lowest BCUT2D eigenvalue weighted by Gasteiger charge is -2.10. The molecule has 8 heteroatoms. The Balaban J connectivity index is 1.41. The molecule has 0 aliphatic heterocycles. The minimum absolute atomic E-state index is 0.227. The van der Waals surface area contributed by atoms with Gasteiger partial charge in [-0.3, -0.25) is 9.20 Å². The first-order valence-corrected chi connectivity index (χ1v) is 10.3. The second kappa shape index (κ2) is 8.14. The van der Waals surface area contributed by atoms with Gasteiger partial charge in [0.05, 0.1) is 23.7 Å². The Bertz CT molecular complexity index is 1390. The molecule has 2 N–H and O–H groups in total. The lowest BCUT2D eigenvalue weighted by Crippen LogP contribution is -2.26. The largest absolute Gasteiger partial charge is 0.467 e. The van der Waals surface area contributed by atoms with Crippen LogP contribution in [-0.4, -0.2) is 44.1 Å². The average molecular weight is 426 g/mol. The van der Waals surface area contributed by atoms with Crippen molar-refractivity contribution < 1.29 is 9.53 Å². The smallest absolute Gasteiger partial charge is 0.321 e. The van der Waals surface area contributed by atoms with Crippen LogP contribution in [0, 0.1) is 6.92 Å². The maximum Gasteiger partial charge on any atom is 0.321 e. The first-order chi connectivity index (χ1) is 15.6. The van der Waals surface area contributed by atoms with Crippen molar-refractivity contribution in [2.75, 3.05) is 13.7 Å². The molecule has 8 nitrogen and oxygen atoms in total. The monoisotopic (exact) mass is 426 g/mol. The molecule has 2 aromatic carbocycles. The van der Waals surface area contributed by atoms with Gasteiger partial charge >= 0.3 is 6.01 Å². The molecule has 0 aliphatic rings. The summed E-state index contributed by atoms with van der Waals surface area (Å²) in [5.74, 6) is 0.601. The number of ether oxygens (including phenoxy) is 1. The molecule has 160 valence electrons. The molecule has 32 heavy (non-hydrogen) atoms. The van der Waals surface area contributed by atoms with Crippen LogP contribution in [0.5, 0.6) is 6.01 Å². The SMILES string of the molecule is COc1nnc2c(C(=O)NCCc3nc4ccccc4[nH]3)cc(-c3ccc(C)cc3)cn12. The summed E-state index contributed by atoms with van der Waals surface area (Å²) < 4.78 is 7.02. The van der Waals surface area contributed by atoms with Gasteiger partial charge in [0, 0.05) is 19.2 Å². The van der Waals surface area contributed by atoms with Crippen molar-refractivity contribution in [3.05, 3.63) is 77.7 Å². The molecule has 0 saturated carbocycles. The molecule has 1 amide bonds. The van der Waals surface area contributed by atoms with E-state index in [1.165, 1.54) is 12.7 Å². The van der Waals surface area contributed by atoms with Gasteiger partial charge in [0.2, 0.25) is 0 Å². The van der Waals surface area contributed by atoms with Gasteiger partial charge in [-0.15, -0.1) is 5.10 Å². The number of H-pyrrole nitrogens is 1. The van der Waals surface area contributed by atoms with Crippen LogP contribution >= 0.6 is 0 Å². The highest BCUT2D eigenvalue weighted by molar-refractivity contribution is 6.01. The van der Waals surface area contributed by atoms with Crippen molar-refractivity contribution in [3.63, 3.8) is 0 Å². The molecule has 0 unspecified atom stereocenters. The van der Waals surface area contributed by atoms with Gasteiger partial charge < -0.3 is 15.0 Å². The van der Waals surface area contributed by atoms with Crippen molar-refractivity contribution in [2.24, 2.45) is 0 Å². The summed E-state index contributed by atoms with van der Waals surface area (Å²) in [5, 5.41) is 11.2. The number of pyridine rings is 1. The van der Waals surface area contributed by atoms with Crippen molar-refractivity contribution >= 4 is 22.6 Å². The number of aromatic amines is 1. The number of carbonyl (C=O) groups excluding carboxylic acids is 1. The lowest BCUT2D eigenvalue weighted by atomic mass is 10.0. The number of aryl methyl sites for hydroxylation is 1. The molecule has 3 aromatic heterocycles. The van der Waals surface area contributed by atoms with Crippen LogP contribution in [0.1, 0.15) is 21.7 Å². The van der Waals surface area contributed by atoms with E-state index < -0.39 is 0 Å². The maximum absolute atomic E-state index is 13.1. The van der Waals surface area contributed by atoms with Gasteiger partial charge in [0.25, 0.3) is 5.91 Å². The number of hydrogen-bond acceptors (Lipinski definition) is 5. The molecule has 0 bridgehead atoms. The van der Waals surface area contributed by atoms with Crippen molar-refractivity contribution in [1.29, 1.82) is 0 Å². The molecular weight excluding hydrogens is 404 g/mol. The van der Waals surface area contributed by atoms with E-state index in [4.69, 9.17) is 4.74 Å². The second-order valence-electron chi connectivity index (χ2n) is 7.60. The van der Waals surface area contributed by atoms with Gasteiger partial charge in [-0.25, -0.2) is 4.98 Å². The van der Waals surface area contributed by atoms with Crippen LogP contribution < -0.4 is 10.1 Å². The summed E-state index contributed by atoms with van der Waals surface area (Å²) in [6, 6.07) is 18.1. The molecular formula is C24H22N6O2. The third-order valence-electron chi connectivity index (χ3n) is 5.37. The fraction of sp³-hybridized carbons (Fsp3) is 0.167. The quantitative estimate of drug-likeness (QED) is 0.433. The van der Waals surface area contributed by atoms with Crippen LogP contribution in [-0.2, 0) is 6.42 Å². The predicted octanol–water partition coefficient (Wildman–Crippen LogP) is 3.56. The predicted molar refractivity (Wildman–Crippen MR) is 122 cm³/mol. The van der Waals surface area contributed by atoms with E-state index in [1.807, 2.05) is 67.7 Å². The second-order valence-corrected chi connectivity index (χ2v) is 7.60. The van der Waals surface area contributed by atoms with E-state index in [0.717, 1.165) is 28.0 Å². The number of fused-ring (bicyclic) bond motifs is 2. The van der Waals surface area contributed by atoms with Gasteiger partial charge in [-0.05, 0) is 36.2 Å². The first kappa shape index (κ1) is 19.7. The Hall–Kier alpha value is -4.20. The highest BCUT2D eigenvalue weighted by atomic mass is 16.5. The molecule has 3 heterocycles. The molecule has 5 rings (SSSR count). The van der Waals surface area contributed by atoms with E-state index in [9.17, 15) is 4.79 Å². The van der Waals surface area contributed by atoms with Crippen molar-refractivity contribution in [3.8, 4) is 17.1 Å². The van der Waals surface area contributed by atoms with Gasteiger partial charge in [0.15, 0.2) is 5.65 Å². The number of nitrogens with one attached hydrogen (secondary N) is 2. The number of para-hydroxylation sites is 2. The Morgan fingerprint density at radius 2 is 1.91 bits per heavy atom. The number of amides is 1. The molecule has 0 spiro atoms. The van der Waals surface area contributed by atoms with Gasteiger partial charge in [-0.1, -0.05) is 47.1 Å².